The van der Waals surface area contributed by atoms with Crippen LogP contribution in [-0.4, -0.2) is 31.9 Å². The molecule has 0 spiro atoms. The van der Waals surface area contributed by atoms with E-state index in [2.05, 4.69) is 16.0 Å². The molecule has 0 bridgehead atoms. The molecule has 5 aromatic carbocycles. The van der Waals surface area contributed by atoms with Gasteiger partial charge in [-0.25, -0.2) is 0 Å². The number of hydrogen-bond acceptors (Lipinski definition) is 6. The largest absolute Gasteiger partial charge is 0.497 e. The van der Waals surface area contributed by atoms with Crippen molar-refractivity contribution in [2.75, 3.05) is 24.9 Å². The van der Waals surface area contributed by atoms with E-state index < -0.39 is 17.1 Å². The number of rotatable bonds is 12. The third-order valence-electron chi connectivity index (χ3n) is 7.16. The van der Waals surface area contributed by atoms with E-state index in [0.29, 0.717) is 44.0 Å². The Kier molecular flexibility index (Phi) is 12.0. The Morgan fingerprint density at radius 2 is 1.45 bits per heavy atom. The summed E-state index contributed by atoms with van der Waals surface area (Å²) in [7, 11) is 3.08. The van der Waals surface area contributed by atoms with Gasteiger partial charge in [-0.15, -0.1) is 11.8 Å². The average Bonchev–Trinajstić information content (AvgIpc) is 3.12. The first-order chi connectivity index (χ1) is 23.7. The van der Waals surface area contributed by atoms with Crippen LogP contribution in [0.1, 0.15) is 26.7 Å². The second-order valence-electron chi connectivity index (χ2n) is 10.5. The van der Waals surface area contributed by atoms with E-state index in [1.54, 1.807) is 98.1 Å². The molecule has 0 radical (unpaired) electrons. The van der Waals surface area contributed by atoms with Crippen molar-refractivity contribution in [1.82, 2.24) is 5.32 Å². The lowest BCUT2D eigenvalue weighted by Gasteiger charge is -2.19. The third kappa shape index (κ3) is 9.45. The van der Waals surface area contributed by atoms with Crippen LogP contribution in [-0.2, 0) is 9.59 Å². The predicted molar refractivity (Wildman–Crippen MR) is 197 cm³/mol. The first-order valence-electron chi connectivity index (χ1n) is 14.9. The van der Waals surface area contributed by atoms with E-state index in [0.717, 1.165) is 10.5 Å². The Hall–Kier alpha value is -5.22. The fraction of sp³-hybridized carbons (Fsp3) is 0.0789. The van der Waals surface area contributed by atoms with E-state index in [-0.39, 0.29) is 11.6 Å². The van der Waals surface area contributed by atoms with Gasteiger partial charge in [-0.2, -0.15) is 0 Å². The Bertz CT molecular complexity index is 1970. The number of anilines is 2. The highest BCUT2D eigenvalue weighted by Gasteiger charge is 2.24. The summed E-state index contributed by atoms with van der Waals surface area (Å²) in [6.07, 6.45) is 1.49. The SMILES string of the molecule is COc1ccc(OC)c(NC(=O)C(Sc2ccc(NC(=O)/C(=C/c3ccc(Cl)cc3Cl)NC(=O)c3ccccc3)cc2)c2ccccc2)c1. The number of carbonyl (C=O) groups excluding carboxylic acids is 3. The molecule has 8 nitrogen and oxygen atoms in total. The van der Waals surface area contributed by atoms with Gasteiger partial charge in [0.2, 0.25) is 5.91 Å². The van der Waals surface area contributed by atoms with E-state index in [4.69, 9.17) is 32.7 Å². The molecule has 0 saturated carbocycles. The monoisotopic (exact) mass is 711 g/mol. The first-order valence-corrected chi connectivity index (χ1v) is 16.6. The molecule has 0 aliphatic heterocycles. The van der Waals surface area contributed by atoms with Gasteiger partial charge in [0, 0.05) is 32.3 Å². The van der Waals surface area contributed by atoms with Crippen LogP contribution in [0.4, 0.5) is 11.4 Å². The molecule has 1 atom stereocenters. The molecule has 0 fully saturated rings. The van der Waals surface area contributed by atoms with Crippen molar-refractivity contribution in [3.63, 3.8) is 0 Å². The zero-order valence-corrected chi connectivity index (χ0v) is 28.7. The van der Waals surface area contributed by atoms with Crippen LogP contribution in [0, 0.1) is 0 Å². The quantitative estimate of drug-likeness (QED) is 0.0882. The van der Waals surface area contributed by atoms with Crippen molar-refractivity contribution in [2.24, 2.45) is 0 Å². The molecule has 0 saturated heterocycles. The van der Waals surface area contributed by atoms with Crippen molar-refractivity contribution in [1.29, 1.82) is 0 Å². The summed E-state index contributed by atoms with van der Waals surface area (Å²) in [5.41, 5.74) is 2.60. The van der Waals surface area contributed by atoms with Gasteiger partial charge in [-0.1, -0.05) is 77.8 Å². The van der Waals surface area contributed by atoms with Crippen molar-refractivity contribution >= 4 is 70.1 Å². The van der Waals surface area contributed by atoms with Gasteiger partial charge in [-0.3, -0.25) is 14.4 Å². The second-order valence-corrected chi connectivity index (χ2v) is 12.5. The second kappa shape index (κ2) is 16.7. The molecule has 0 aromatic heterocycles. The van der Waals surface area contributed by atoms with E-state index in [1.165, 1.54) is 24.9 Å². The van der Waals surface area contributed by atoms with E-state index in [9.17, 15) is 14.4 Å². The number of ether oxygens (including phenoxy) is 2. The van der Waals surface area contributed by atoms with Crippen LogP contribution >= 0.6 is 35.0 Å². The molecule has 5 aromatic rings. The molecule has 0 heterocycles. The van der Waals surface area contributed by atoms with Crippen LogP contribution in [0.5, 0.6) is 11.5 Å². The van der Waals surface area contributed by atoms with Crippen LogP contribution < -0.4 is 25.4 Å². The lowest BCUT2D eigenvalue weighted by atomic mass is 10.1. The zero-order chi connectivity index (χ0) is 34.8. The number of benzene rings is 5. The number of amides is 3. The summed E-state index contributed by atoms with van der Waals surface area (Å²) in [6, 6.07) is 35.0. The molecule has 3 amide bonds. The first kappa shape index (κ1) is 35.1. The lowest BCUT2D eigenvalue weighted by Crippen LogP contribution is -2.30. The minimum Gasteiger partial charge on any atom is -0.497 e. The molecule has 0 aliphatic carbocycles. The van der Waals surface area contributed by atoms with Crippen molar-refractivity contribution in [3.8, 4) is 11.5 Å². The number of thioether (sulfide) groups is 1. The number of nitrogens with one attached hydrogen (secondary N) is 3. The molecule has 0 aliphatic rings. The summed E-state index contributed by atoms with van der Waals surface area (Å²) in [5.74, 6) is -0.214. The molecule has 11 heteroatoms. The molecule has 3 N–H and O–H groups in total. The van der Waals surface area contributed by atoms with Crippen molar-refractivity contribution in [3.05, 3.63) is 154 Å². The van der Waals surface area contributed by atoms with Crippen LogP contribution in [0.2, 0.25) is 10.0 Å². The summed E-state index contributed by atoms with van der Waals surface area (Å²) < 4.78 is 10.8. The van der Waals surface area contributed by atoms with E-state index in [1.807, 2.05) is 30.3 Å². The molecular weight excluding hydrogens is 681 g/mol. The number of carbonyl (C=O) groups is 3. The topological polar surface area (TPSA) is 106 Å². The minimum absolute atomic E-state index is 0.0229. The van der Waals surface area contributed by atoms with Gasteiger partial charge < -0.3 is 25.4 Å². The molecular formula is C38H31Cl2N3O5S. The molecule has 5 rings (SSSR count). The maximum absolute atomic E-state index is 13.7. The zero-order valence-electron chi connectivity index (χ0n) is 26.4. The highest BCUT2D eigenvalue weighted by molar-refractivity contribution is 8.00. The standard InChI is InChI=1S/C38H31Cl2N3O5S/c1-47-29-17-20-34(48-2)32(23-29)42-38(46)35(24-9-5-3-6-10-24)49-30-18-15-28(16-19-30)41-37(45)33(21-26-13-14-27(39)22-31(26)40)43-36(44)25-11-7-4-8-12-25/h3-23,35H,1-2H3,(H,41,45)(H,42,46)(H,43,44)/b33-21-. The Labute approximate surface area is 298 Å². The fourth-order valence-electron chi connectivity index (χ4n) is 4.68. The normalized spacial score (nSPS) is 11.6. The van der Waals surface area contributed by atoms with Gasteiger partial charge in [0.05, 0.1) is 19.9 Å². The van der Waals surface area contributed by atoms with Crippen molar-refractivity contribution in [2.45, 2.75) is 10.1 Å². The molecule has 1 unspecified atom stereocenters. The fourth-order valence-corrected chi connectivity index (χ4v) is 6.17. The van der Waals surface area contributed by atoms with Gasteiger partial charge in [-0.05, 0) is 77.9 Å². The van der Waals surface area contributed by atoms with Gasteiger partial charge >= 0.3 is 0 Å². The molecule has 49 heavy (non-hydrogen) atoms. The van der Waals surface area contributed by atoms with Gasteiger partial charge in [0.25, 0.3) is 11.8 Å². The van der Waals surface area contributed by atoms with Gasteiger partial charge in [0.15, 0.2) is 0 Å². The van der Waals surface area contributed by atoms with Gasteiger partial charge in [0.1, 0.15) is 22.4 Å². The highest BCUT2D eigenvalue weighted by atomic mass is 35.5. The predicted octanol–water partition coefficient (Wildman–Crippen LogP) is 8.89. The Balaban J connectivity index is 1.35. The number of hydrogen-bond donors (Lipinski definition) is 3. The lowest BCUT2D eigenvalue weighted by molar-refractivity contribution is -0.116. The highest BCUT2D eigenvalue weighted by Crippen LogP contribution is 2.38. The smallest absolute Gasteiger partial charge is 0.272 e. The van der Waals surface area contributed by atoms with Crippen molar-refractivity contribution < 1.29 is 23.9 Å². The Morgan fingerprint density at radius 1 is 0.755 bits per heavy atom. The van der Waals surface area contributed by atoms with E-state index >= 15 is 0 Å². The summed E-state index contributed by atoms with van der Waals surface area (Å²) in [4.78, 5) is 41.0. The summed E-state index contributed by atoms with van der Waals surface area (Å²) in [6.45, 7) is 0. The maximum Gasteiger partial charge on any atom is 0.272 e. The van der Waals surface area contributed by atoms with Crippen LogP contribution in [0.3, 0.4) is 0 Å². The average molecular weight is 713 g/mol. The van der Waals surface area contributed by atoms with Crippen LogP contribution in [0.15, 0.2) is 132 Å². The third-order valence-corrected chi connectivity index (χ3v) is 8.99. The molecule has 248 valence electrons. The summed E-state index contributed by atoms with van der Waals surface area (Å²) in [5, 5.41) is 8.65. The van der Waals surface area contributed by atoms with Crippen LogP contribution in [0.25, 0.3) is 6.08 Å². The Morgan fingerprint density at radius 3 is 2.10 bits per heavy atom. The number of halogens is 2. The minimum atomic E-state index is -0.621. The summed E-state index contributed by atoms with van der Waals surface area (Å²) >= 11 is 13.8. The maximum atomic E-state index is 13.7. The number of methoxy groups -OCH3 is 2.